The van der Waals surface area contributed by atoms with E-state index in [4.69, 9.17) is 9.15 Å². The van der Waals surface area contributed by atoms with Gasteiger partial charge in [0, 0.05) is 31.7 Å². The van der Waals surface area contributed by atoms with Crippen molar-refractivity contribution < 1.29 is 9.15 Å². The van der Waals surface area contributed by atoms with Crippen molar-refractivity contribution in [1.29, 1.82) is 0 Å². The Balaban J connectivity index is 1.75. The molecule has 0 saturated heterocycles. The van der Waals surface area contributed by atoms with E-state index in [1.54, 1.807) is 29.3 Å². The highest BCUT2D eigenvalue weighted by Gasteiger charge is 2.11. The number of oxazole rings is 1. The van der Waals surface area contributed by atoms with Crippen LogP contribution in [0.1, 0.15) is 6.92 Å². The minimum atomic E-state index is 0.335. The lowest BCUT2D eigenvalue weighted by Crippen LogP contribution is -2.07. The molecule has 3 aromatic rings. The molecule has 0 amide bonds. The number of ether oxygens (including phenoxy) is 1. The zero-order valence-corrected chi connectivity index (χ0v) is 13.4. The van der Waals surface area contributed by atoms with Crippen LogP contribution in [-0.2, 0) is 7.05 Å². The van der Waals surface area contributed by atoms with Crippen LogP contribution in [0.5, 0.6) is 5.75 Å². The topological polar surface area (TPSA) is 90.7 Å². The zero-order chi connectivity index (χ0) is 16.9. The molecular formula is C16H16N6O2. The number of aryl methyl sites for hydroxylation is 1. The van der Waals surface area contributed by atoms with Crippen molar-refractivity contribution in [3.05, 3.63) is 37.1 Å². The van der Waals surface area contributed by atoms with Crippen molar-refractivity contribution in [3.63, 3.8) is 0 Å². The first-order valence-corrected chi connectivity index (χ1v) is 7.18. The molecule has 0 bridgehead atoms. The summed E-state index contributed by atoms with van der Waals surface area (Å²) in [5.74, 6) is 1.07. The third-order valence-corrected chi connectivity index (χ3v) is 3.09. The Labute approximate surface area is 138 Å². The maximum Gasteiger partial charge on any atom is 0.247 e. The SMILES string of the molecule is C=N/C=C\N=C(/C)COc1cnc2oc(-c3cnn(C)c3)nc2c1. The molecule has 122 valence electrons. The Hall–Kier alpha value is -3.29. The van der Waals surface area contributed by atoms with Crippen molar-refractivity contribution in [3.8, 4) is 17.2 Å². The predicted octanol–water partition coefficient (Wildman–Crippen LogP) is 2.63. The van der Waals surface area contributed by atoms with Gasteiger partial charge in [-0.25, -0.2) is 9.97 Å². The second-order valence-corrected chi connectivity index (χ2v) is 5.05. The lowest BCUT2D eigenvalue weighted by molar-refractivity contribution is 0.374. The van der Waals surface area contributed by atoms with Crippen LogP contribution >= 0.6 is 0 Å². The molecule has 0 radical (unpaired) electrons. The van der Waals surface area contributed by atoms with Gasteiger partial charge < -0.3 is 9.15 Å². The molecule has 8 heteroatoms. The molecule has 0 aliphatic carbocycles. The minimum Gasteiger partial charge on any atom is -0.486 e. The predicted molar refractivity (Wildman–Crippen MR) is 91.3 cm³/mol. The fourth-order valence-electron chi connectivity index (χ4n) is 1.97. The third kappa shape index (κ3) is 3.54. The number of fused-ring (bicyclic) bond motifs is 1. The van der Waals surface area contributed by atoms with Gasteiger partial charge in [-0.2, -0.15) is 5.10 Å². The summed E-state index contributed by atoms with van der Waals surface area (Å²) in [7, 11) is 1.83. The Morgan fingerprint density at radius 2 is 2.29 bits per heavy atom. The first-order chi connectivity index (χ1) is 11.7. The van der Waals surface area contributed by atoms with Gasteiger partial charge in [0.1, 0.15) is 17.9 Å². The van der Waals surface area contributed by atoms with E-state index < -0.39 is 0 Å². The number of hydrogen-bond donors (Lipinski definition) is 0. The second kappa shape index (κ2) is 6.86. The molecule has 0 saturated carbocycles. The van der Waals surface area contributed by atoms with Gasteiger partial charge >= 0.3 is 0 Å². The van der Waals surface area contributed by atoms with E-state index in [1.807, 2.05) is 20.2 Å². The van der Waals surface area contributed by atoms with Crippen LogP contribution in [0.2, 0.25) is 0 Å². The molecule has 3 aromatic heterocycles. The van der Waals surface area contributed by atoms with Crippen molar-refractivity contribution >= 4 is 23.7 Å². The molecule has 24 heavy (non-hydrogen) atoms. The van der Waals surface area contributed by atoms with Crippen molar-refractivity contribution in [2.24, 2.45) is 17.0 Å². The van der Waals surface area contributed by atoms with Gasteiger partial charge in [0.2, 0.25) is 11.6 Å². The molecule has 0 aliphatic heterocycles. The first-order valence-electron chi connectivity index (χ1n) is 7.18. The normalized spacial score (nSPS) is 12.2. The third-order valence-electron chi connectivity index (χ3n) is 3.09. The molecule has 0 atom stereocenters. The Morgan fingerprint density at radius 3 is 3.04 bits per heavy atom. The summed E-state index contributed by atoms with van der Waals surface area (Å²) in [6.45, 7) is 5.53. The summed E-state index contributed by atoms with van der Waals surface area (Å²) in [6.07, 6.45) is 8.17. The molecule has 0 aliphatic rings. The summed E-state index contributed by atoms with van der Waals surface area (Å²) >= 11 is 0. The standard InChI is InChI=1S/C16H16N6O2/c1-11(18-5-4-17-2)10-23-13-6-14-16(19-8-13)24-15(21-14)12-7-20-22(3)9-12/h4-9H,2,10H2,1,3H3/b5-4-,18-11+. The van der Waals surface area contributed by atoms with Crippen LogP contribution in [0.4, 0.5) is 0 Å². The van der Waals surface area contributed by atoms with E-state index in [0.29, 0.717) is 29.5 Å². The molecule has 0 fully saturated rings. The van der Waals surface area contributed by atoms with Crippen molar-refractivity contribution in [1.82, 2.24) is 19.7 Å². The fraction of sp³-hybridized carbons (Fsp3) is 0.188. The smallest absolute Gasteiger partial charge is 0.247 e. The van der Waals surface area contributed by atoms with Gasteiger partial charge in [0.05, 0.1) is 23.7 Å². The van der Waals surface area contributed by atoms with Gasteiger partial charge in [-0.3, -0.25) is 14.7 Å². The average molecular weight is 324 g/mol. The number of rotatable bonds is 6. The van der Waals surface area contributed by atoms with E-state index >= 15 is 0 Å². The number of pyridine rings is 1. The van der Waals surface area contributed by atoms with Crippen LogP contribution in [0, 0.1) is 0 Å². The van der Waals surface area contributed by atoms with Crippen LogP contribution in [0.25, 0.3) is 22.7 Å². The highest BCUT2D eigenvalue weighted by Crippen LogP contribution is 2.24. The van der Waals surface area contributed by atoms with Gasteiger partial charge in [0.15, 0.2) is 0 Å². The average Bonchev–Trinajstić information content (AvgIpc) is 3.18. The molecular weight excluding hydrogens is 308 g/mol. The summed E-state index contributed by atoms with van der Waals surface area (Å²) in [6, 6.07) is 1.78. The monoisotopic (exact) mass is 324 g/mol. The maximum atomic E-state index is 5.65. The highest BCUT2D eigenvalue weighted by molar-refractivity contribution is 5.84. The molecule has 3 heterocycles. The minimum absolute atomic E-state index is 0.335. The highest BCUT2D eigenvalue weighted by atomic mass is 16.5. The van der Waals surface area contributed by atoms with E-state index in [2.05, 4.69) is 31.8 Å². The number of hydrogen-bond acceptors (Lipinski definition) is 7. The largest absolute Gasteiger partial charge is 0.486 e. The Bertz CT molecular complexity index is 922. The van der Waals surface area contributed by atoms with E-state index in [9.17, 15) is 0 Å². The second-order valence-electron chi connectivity index (χ2n) is 5.05. The van der Waals surface area contributed by atoms with Crippen LogP contribution in [-0.4, -0.2) is 38.8 Å². The first kappa shape index (κ1) is 15.6. The molecule has 0 N–H and O–H groups in total. The fourth-order valence-corrected chi connectivity index (χ4v) is 1.97. The van der Waals surface area contributed by atoms with Crippen LogP contribution in [0.15, 0.2) is 51.5 Å². The van der Waals surface area contributed by atoms with Gasteiger partial charge in [-0.1, -0.05) is 0 Å². The van der Waals surface area contributed by atoms with E-state index in [0.717, 1.165) is 11.3 Å². The quantitative estimate of drug-likeness (QED) is 0.650. The summed E-state index contributed by atoms with van der Waals surface area (Å²) in [5, 5.41) is 4.10. The molecule has 0 unspecified atom stereocenters. The van der Waals surface area contributed by atoms with Gasteiger partial charge in [0.25, 0.3) is 0 Å². The van der Waals surface area contributed by atoms with Crippen molar-refractivity contribution in [2.45, 2.75) is 6.92 Å². The molecule has 8 nitrogen and oxygen atoms in total. The Kier molecular flexibility index (Phi) is 4.46. The maximum absolute atomic E-state index is 5.65. The lowest BCUT2D eigenvalue weighted by Gasteiger charge is -2.03. The zero-order valence-electron chi connectivity index (χ0n) is 13.4. The van der Waals surface area contributed by atoms with Crippen molar-refractivity contribution in [2.75, 3.05) is 6.61 Å². The summed E-state index contributed by atoms with van der Waals surface area (Å²) < 4.78 is 13.0. The van der Waals surface area contributed by atoms with Crippen LogP contribution < -0.4 is 4.74 Å². The molecule has 0 aromatic carbocycles. The van der Waals surface area contributed by atoms with Crippen LogP contribution in [0.3, 0.4) is 0 Å². The summed E-state index contributed by atoms with van der Waals surface area (Å²) in [4.78, 5) is 16.4. The number of aromatic nitrogens is 4. The number of aliphatic imine (C=N–C) groups is 2. The van der Waals surface area contributed by atoms with Gasteiger partial charge in [-0.15, -0.1) is 0 Å². The number of nitrogens with zero attached hydrogens (tertiary/aromatic N) is 6. The molecule has 3 rings (SSSR count). The van der Waals surface area contributed by atoms with E-state index in [1.165, 1.54) is 6.20 Å². The Morgan fingerprint density at radius 1 is 1.42 bits per heavy atom. The van der Waals surface area contributed by atoms with E-state index in [-0.39, 0.29) is 0 Å². The molecule has 0 spiro atoms. The lowest BCUT2D eigenvalue weighted by atomic mass is 10.4. The van der Waals surface area contributed by atoms with Gasteiger partial charge in [-0.05, 0) is 13.6 Å². The summed E-state index contributed by atoms with van der Waals surface area (Å²) in [5.41, 5.74) is 2.66.